The third-order valence-corrected chi connectivity index (χ3v) is 7.44. The number of aliphatic hydroxyl groups is 1. The van der Waals surface area contributed by atoms with Gasteiger partial charge in [-0.2, -0.15) is 0 Å². The average Bonchev–Trinajstić information content (AvgIpc) is 3.08. The lowest BCUT2D eigenvalue weighted by Crippen LogP contribution is -2.44. The molecule has 51 heavy (non-hydrogen) atoms. The molecule has 3 aromatic carbocycles. The maximum Gasteiger partial charge on any atom is 0.239 e. The molecule has 1 unspecified atom stereocenters. The summed E-state index contributed by atoms with van der Waals surface area (Å²) in [4.78, 5) is 25.1. The van der Waals surface area contributed by atoms with Gasteiger partial charge in [0.15, 0.2) is 0 Å². The molecule has 0 aliphatic heterocycles. The summed E-state index contributed by atoms with van der Waals surface area (Å²) in [7, 11) is 1.65. The number of carbonyl (C=O) groups excluding carboxylic acids is 2. The monoisotopic (exact) mass is 732 g/mol. The fourth-order valence-electron chi connectivity index (χ4n) is 4.17. The van der Waals surface area contributed by atoms with Crippen LogP contribution in [-0.2, 0) is 22.6 Å². The van der Waals surface area contributed by atoms with Crippen LogP contribution in [0.15, 0.2) is 71.6 Å². The quantitative estimate of drug-likeness (QED) is 0.113. The lowest BCUT2D eigenvalue weighted by molar-refractivity contribution is -0.125. The molecule has 0 saturated heterocycles. The van der Waals surface area contributed by atoms with Crippen molar-refractivity contribution in [3.8, 4) is 5.75 Å². The second-order valence-electron chi connectivity index (χ2n) is 12.6. The lowest BCUT2D eigenvalue weighted by atomic mass is 10.1. The van der Waals surface area contributed by atoms with Gasteiger partial charge in [-0.3, -0.25) is 9.59 Å². The van der Waals surface area contributed by atoms with Crippen LogP contribution in [0.4, 0.5) is 8.78 Å². The zero-order valence-electron chi connectivity index (χ0n) is 32.3. The second kappa shape index (κ2) is 28.1. The van der Waals surface area contributed by atoms with Gasteiger partial charge >= 0.3 is 0 Å². The van der Waals surface area contributed by atoms with Crippen LogP contribution < -0.4 is 20.7 Å². The molecule has 8 nitrogen and oxygen atoms in total. The van der Waals surface area contributed by atoms with E-state index in [-0.39, 0.29) is 31.7 Å². The number of aliphatic hydroxyl groups excluding tert-OH is 1. The molecule has 3 aromatic rings. The van der Waals surface area contributed by atoms with Crippen molar-refractivity contribution in [1.29, 1.82) is 0 Å². The Labute approximate surface area is 310 Å². The molecule has 0 bridgehead atoms. The first-order chi connectivity index (χ1) is 24.2. The normalized spacial score (nSPS) is 11.0. The summed E-state index contributed by atoms with van der Waals surface area (Å²) in [5.41, 5.74) is 2.27. The minimum atomic E-state index is -0.817. The highest BCUT2D eigenvalue weighted by Gasteiger charge is 2.17. The van der Waals surface area contributed by atoms with Gasteiger partial charge in [-0.15, -0.1) is 0 Å². The summed E-state index contributed by atoms with van der Waals surface area (Å²) in [5, 5.41) is 18.2. The van der Waals surface area contributed by atoms with Crippen molar-refractivity contribution in [3.05, 3.63) is 95.1 Å². The molecule has 0 saturated carbocycles. The minimum absolute atomic E-state index is 0.0253. The van der Waals surface area contributed by atoms with Crippen LogP contribution in [0.5, 0.6) is 5.75 Å². The van der Waals surface area contributed by atoms with Crippen LogP contribution in [0.3, 0.4) is 0 Å². The maximum atomic E-state index is 13.6. The number of nitrogens with one attached hydrogen (secondary N) is 3. The van der Waals surface area contributed by atoms with Gasteiger partial charge in [0.25, 0.3) is 0 Å². The van der Waals surface area contributed by atoms with Gasteiger partial charge in [-0.25, -0.2) is 13.1 Å². The van der Waals surface area contributed by atoms with Crippen molar-refractivity contribution < 1.29 is 28.2 Å². The zero-order valence-corrected chi connectivity index (χ0v) is 33.1. The molecule has 0 radical (unpaired) electrons. The highest BCUT2D eigenvalue weighted by molar-refractivity contribution is 7.97. The number of ether oxygens (including phenoxy) is 1. The molecular formula is C40H62F2N4O4S. The first kappa shape index (κ1) is 47.5. The third-order valence-electron chi connectivity index (χ3n) is 6.42. The van der Waals surface area contributed by atoms with Crippen LogP contribution in [0.1, 0.15) is 72.1 Å². The number of amides is 2. The molecule has 11 heteroatoms. The minimum Gasteiger partial charge on any atom is -0.496 e. The Morgan fingerprint density at radius 2 is 1.45 bits per heavy atom. The van der Waals surface area contributed by atoms with E-state index in [0.29, 0.717) is 12.5 Å². The van der Waals surface area contributed by atoms with Crippen molar-refractivity contribution in [2.24, 2.45) is 11.8 Å². The van der Waals surface area contributed by atoms with Crippen LogP contribution in [-0.4, -0.2) is 67.2 Å². The van der Waals surface area contributed by atoms with E-state index in [1.807, 2.05) is 44.2 Å². The molecule has 0 heterocycles. The standard InChI is InChI=1S/C27H38F2N4O4S.C7H8.C4H10.C2H6/c1-5-19-11-21(9-10-25(19)37-4)38-33(16-18(2)3)17-20(34)12-31-27(36)15-32-26(35)14-30-13-22-23(28)7-6-8-24(22)29;1-7-5-3-2-4-6-7;1-4(2)3;1-2/h6-11,18,20,30,34H,5,12-17H2,1-4H3,(H,31,36)(H,32,35);2-6H,1H3;4H,1-3H3;1-2H3. The van der Waals surface area contributed by atoms with E-state index in [1.54, 1.807) is 19.1 Å². The molecule has 0 aliphatic carbocycles. The van der Waals surface area contributed by atoms with Gasteiger partial charge in [0.1, 0.15) is 17.4 Å². The van der Waals surface area contributed by atoms with E-state index in [9.17, 15) is 23.5 Å². The number of carbonyl (C=O) groups is 2. The van der Waals surface area contributed by atoms with E-state index in [1.165, 1.54) is 11.6 Å². The molecule has 0 fully saturated rings. The Bertz CT molecular complexity index is 1360. The van der Waals surface area contributed by atoms with Gasteiger partial charge < -0.3 is 25.8 Å². The van der Waals surface area contributed by atoms with E-state index >= 15 is 0 Å². The largest absolute Gasteiger partial charge is 0.496 e. The number of halogens is 2. The zero-order chi connectivity index (χ0) is 38.8. The third kappa shape index (κ3) is 22.8. The van der Waals surface area contributed by atoms with Gasteiger partial charge in [-0.1, -0.05) is 97.4 Å². The SMILES string of the molecule is CC.CC(C)C.CCc1cc(SN(CC(C)C)CC(O)CNC(=O)CNC(=O)CNCc2c(F)cccc2F)ccc1OC.Cc1ccccc1. The number of hydrogen-bond donors (Lipinski definition) is 4. The number of aryl methyl sites for hydroxylation is 2. The van der Waals surface area contributed by atoms with Crippen molar-refractivity contribution >= 4 is 23.8 Å². The summed E-state index contributed by atoms with van der Waals surface area (Å²) in [5.74, 6) is -0.304. The molecule has 2 amide bonds. The van der Waals surface area contributed by atoms with Crippen LogP contribution >= 0.6 is 11.9 Å². The molecule has 1 atom stereocenters. The van der Waals surface area contributed by atoms with Crippen molar-refractivity contribution in [2.45, 2.75) is 86.3 Å². The van der Waals surface area contributed by atoms with Crippen molar-refractivity contribution in [3.63, 3.8) is 0 Å². The van der Waals surface area contributed by atoms with Crippen molar-refractivity contribution in [1.82, 2.24) is 20.3 Å². The Balaban J connectivity index is 0.00000162. The molecule has 4 N–H and O–H groups in total. The summed E-state index contributed by atoms with van der Waals surface area (Å²) >= 11 is 1.54. The molecule has 3 rings (SSSR count). The van der Waals surface area contributed by atoms with Gasteiger partial charge in [0, 0.05) is 36.6 Å². The molecule has 0 aliphatic rings. The topological polar surface area (TPSA) is 103 Å². The van der Waals surface area contributed by atoms with Gasteiger partial charge in [-0.05, 0) is 73.0 Å². The van der Waals surface area contributed by atoms with Crippen LogP contribution in [0.2, 0.25) is 0 Å². The number of methoxy groups -OCH3 is 1. The number of benzene rings is 3. The average molecular weight is 733 g/mol. The smallest absolute Gasteiger partial charge is 0.239 e. The number of rotatable bonds is 16. The van der Waals surface area contributed by atoms with E-state index in [2.05, 4.69) is 86.9 Å². The Morgan fingerprint density at radius 1 is 0.863 bits per heavy atom. The molecule has 0 aromatic heterocycles. The molecular weight excluding hydrogens is 671 g/mol. The fraction of sp³-hybridized carbons (Fsp3) is 0.500. The highest BCUT2D eigenvalue weighted by Crippen LogP contribution is 2.29. The Hall–Kier alpha value is -3.51. The number of nitrogens with zero attached hydrogens (tertiary/aromatic N) is 1. The summed E-state index contributed by atoms with van der Waals surface area (Å²) in [6, 6.07) is 19.8. The predicted molar refractivity (Wildman–Crippen MR) is 208 cm³/mol. The van der Waals surface area contributed by atoms with E-state index < -0.39 is 29.6 Å². The first-order valence-electron chi connectivity index (χ1n) is 17.7. The lowest BCUT2D eigenvalue weighted by Gasteiger charge is -2.26. The van der Waals surface area contributed by atoms with Crippen molar-refractivity contribution in [2.75, 3.05) is 39.8 Å². The van der Waals surface area contributed by atoms with E-state index in [0.717, 1.165) is 47.2 Å². The highest BCUT2D eigenvalue weighted by atomic mass is 32.2. The fourth-order valence-corrected chi connectivity index (χ4v) is 5.41. The first-order valence-corrected chi connectivity index (χ1v) is 18.5. The van der Waals surface area contributed by atoms with Gasteiger partial charge in [0.05, 0.1) is 26.3 Å². The van der Waals surface area contributed by atoms with E-state index in [4.69, 9.17) is 4.74 Å². The number of hydrogen-bond acceptors (Lipinski definition) is 7. The summed E-state index contributed by atoms with van der Waals surface area (Å²) < 4.78 is 34.7. The van der Waals surface area contributed by atoms with Gasteiger partial charge in [0.2, 0.25) is 11.8 Å². The molecule has 0 spiro atoms. The maximum absolute atomic E-state index is 13.6. The Morgan fingerprint density at radius 3 is 1.96 bits per heavy atom. The van der Waals surface area contributed by atoms with Crippen LogP contribution in [0.25, 0.3) is 0 Å². The Kier molecular flexibility index (Phi) is 26.2. The second-order valence-corrected chi connectivity index (χ2v) is 13.8. The molecule has 286 valence electrons. The van der Waals surface area contributed by atoms with Crippen LogP contribution in [0, 0.1) is 30.4 Å². The summed E-state index contributed by atoms with van der Waals surface area (Å²) in [6.45, 7) is 19.3. The predicted octanol–water partition coefficient (Wildman–Crippen LogP) is 7.57. The summed E-state index contributed by atoms with van der Waals surface area (Å²) in [6.07, 6.45) is 0.0229.